The smallest absolute Gasteiger partial charge is 0.261 e. The molecule has 0 aliphatic carbocycles. The van der Waals surface area contributed by atoms with E-state index in [1.165, 1.54) is 0 Å². The minimum atomic E-state index is -0.396. The molecule has 0 radical (unpaired) electrons. The van der Waals surface area contributed by atoms with Crippen molar-refractivity contribution < 1.29 is 9.53 Å². The third-order valence-corrected chi connectivity index (χ3v) is 2.04. The van der Waals surface area contributed by atoms with Gasteiger partial charge in [0, 0.05) is 6.54 Å². The summed E-state index contributed by atoms with van der Waals surface area (Å²) in [5.74, 6) is 0.680. The van der Waals surface area contributed by atoms with Crippen molar-refractivity contribution in [3.05, 3.63) is 30.3 Å². The second-order valence-corrected chi connectivity index (χ2v) is 3.22. The lowest BCUT2D eigenvalue weighted by Crippen LogP contribution is -2.37. The van der Waals surface area contributed by atoms with Gasteiger partial charge in [0.15, 0.2) is 6.10 Å². The molecule has 0 aromatic heterocycles. The van der Waals surface area contributed by atoms with Gasteiger partial charge in [0.1, 0.15) is 5.75 Å². The number of carbonyl (C=O) groups is 1. The Balaban J connectivity index is 2.58. The topological polar surface area (TPSA) is 38.3 Å². The fourth-order valence-electron chi connectivity index (χ4n) is 1.27. The molecular formula is C12H17NO2. The highest BCUT2D eigenvalue weighted by Crippen LogP contribution is 2.12. The number of hydrogen-bond acceptors (Lipinski definition) is 2. The van der Waals surface area contributed by atoms with Crippen LogP contribution in [0.1, 0.15) is 20.3 Å². The van der Waals surface area contributed by atoms with Gasteiger partial charge in [-0.3, -0.25) is 4.79 Å². The van der Waals surface area contributed by atoms with Crippen molar-refractivity contribution in [2.24, 2.45) is 0 Å². The summed E-state index contributed by atoms with van der Waals surface area (Å²) in [7, 11) is 0. The Kier molecular flexibility index (Phi) is 4.68. The molecule has 1 atom stereocenters. The van der Waals surface area contributed by atoms with Gasteiger partial charge in [-0.2, -0.15) is 0 Å². The van der Waals surface area contributed by atoms with Crippen LogP contribution in [0, 0.1) is 0 Å². The lowest BCUT2D eigenvalue weighted by atomic mass is 10.2. The summed E-state index contributed by atoms with van der Waals surface area (Å²) in [5.41, 5.74) is 0. The van der Waals surface area contributed by atoms with Crippen molar-refractivity contribution in [2.45, 2.75) is 26.4 Å². The van der Waals surface area contributed by atoms with E-state index in [9.17, 15) is 4.79 Å². The van der Waals surface area contributed by atoms with E-state index in [0.717, 1.165) is 5.75 Å². The second kappa shape index (κ2) is 6.06. The molecule has 82 valence electrons. The Morgan fingerprint density at radius 3 is 2.53 bits per heavy atom. The van der Waals surface area contributed by atoms with Crippen molar-refractivity contribution in [3.8, 4) is 5.75 Å². The van der Waals surface area contributed by atoms with Gasteiger partial charge in [-0.25, -0.2) is 0 Å². The predicted octanol–water partition coefficient (Wildman–Crippen LogP) is 1.98. The van der Waals surface area contributed by atoms with Crippen LogP contribution in [0.25, 0.3) is 0 Å². The Labute approximate surface area is 90.4 Å². The molecule has 0 bridgehead atoms. The lowest BCUT2D eigenvalue weighted by molar-refractivity contribution is -0.128. The number of rotatable bonds is 5. The number of carbonyl (C=O) groups excluding carboxylic acids is 1. The average molecular weight is 207 g/mol. The second-order valence-electron chi connectivity index (χ2n) is 3.22. The van der Waals surface area contributed by atoms with Crippen molar-refractivity contribution in [1.29, 1.82) is 0 Å². The highest BCUT2D eigenvalue weighted by molar-refractivity contribution is 5.80. The Morgan fingerprint density at radius 2 is 2.00 bits per heavy atom. The predicted molar refractivity (Wildman–Crippen MR) is 59.8 cm³/mol. The van der Waals surface area contributed by atoms with Gasteiger partial charge in [-0.1, -0.05) is 25.1 Å². The van der Waals surface area contributed by atoms with Crippen LogP contribution in [0.15, 0.2) is 30.3 Å². The largest absolute Gasteiger partial charge is 0.481 e. The molecule has 1 aromatic carbocycles. The molecule has 0 spiro atoms. The van der Waals surface area contributed by atoms with Crippen LogP contribution >= 0.6 is 0 Å². The first kappa shape index (κ1) is 11.6. The molecule has 3 nitrogen and oxygen atoms in total. The summed E-state index contributed by atoms with van der Waals surface area (Å²) in [6, 6.07) is 9.39. The van der Waals surface area contributed by atoms with E-state index < -0.39 is 6.10 Å². The molecule has 1 unspecified atom stereocenters. The summed E-state index contributed by atoms with van der Waals surface area (Å²) < 4.78 is 5.57. The molecule has 0 heterocycles. The Morgan fingerprint density at radius 1 is 1.33 bits per heavy atom. The zero-order chi connectivity index (χ0) is 11.1. The zero-order valence-electron chi connectivity index (χ0n) is 9.19. The number of amides is 1. The molecule has 1 amide bonds. The fourth-order valence-corrected chi connectivity index (χ4v) is 1.27. The number of benzene rings is 1. The minimum Gasteiger partial charge on any atom is -0.481 e. The quantitative estimate of drug-likeness (QED) is 0.801. The van der Waals surface area contributed by atoms with Gasteiger partial charge in [-0.05, 0) is 25.5 Å². The molecule has 0 saturated heterocycles. The van der Waals surface area contributed by atoms with Crippen LogP contribution in [-0.2, 0) is 4.79 Å². The summed E-state index contributed by atoms with van der Waals surface area (Å²) in [4.78, 5) is 11.5. The van der Waals surface area contributed by atoms with Gasteiger partial charge < -0.3 is 10.1 Å². The minimum absolute atomic E-state index is 0.0520. The van der Waals surface area contributed by atoms with Crippen LogP contribution in [0.3, 0.4) is 0 Å². The van der Waals surface area contributed by atoms with E-state index in [1.54, 1.807) is 0 Å². The number of nitrogens with one attached hydrogen (secondary N) is 1. The number of hydrogen-bond donors (Lipinski definition) is 1. The molecule has 0 saturated carbocycles. The van der Waals surface area contributed by atoms with E-state index in [2.05, 4.69) is 5.32 Å². The van der Waals surface area contributed by atoms with Crippen LogP contribution in [0.2, 0.25) is 0 Å². The SMILES string of the molecule is CCNC(=O)C(CC)Oc1ccccc1. The van der Waals surface area contributed by atoms with Crippen molar-refractivity contribution in [1.82, 2.24) is 5.32 Å². The van der Waals surface area contributed by atoms with Gasteiger partial charge in [0.2, 0.25) is 0 Å². The van der Waals surface area contributed by atoms with E-state index in [-0.39, 0.29) is 5.91 Å². The lowest BCUT2D eigenvalue weighted by Gasteiger charge is -2.16. The first-order valence-corrected chi connectivity index (χ1v) is 5.27. The highest BCUT2D eigenvalue weighted by atomic mass is 16.5. The summed E-state index contributed by atoms with van der Waals surface area (Å²) >= 11 is 0. The molecule has 15 heavy (non-hydrogen) atoms. The van der Waals surface area contributed by atoms with Gasteiger partial charge in [0.25, 0.3) is 5.91 Å². The van der Waals surface area contributed by atoms with Crippen LogP contribution < -0.4 is 10.1 Å². The van der Waals surface area contributed by atoms with Gasteiger partial charge in [0.05, 0.1) is 0 Å². The first-order valence-electron chi connectivity index (χ1n) is 5.27. The van der Waals surface area contributed by atoms with Crippen molar-refractivity contribution >= 4 is 5.91 Å². The fraction of sp³-hybridized carbons (Fsp3) is 0.417. The van der Waals surface area contributed by atoms with Crippen LogP contribution in [0.5, 0.6) is 5.75 Å². The van der Waals surface area contributed by atoms with Crippen LogP contribution in [-0.4, -0.2) is 18.6 Å². The van der Waals surface area contributed by atoms with Gasteiger partial charge in [-0.15, -0.1) is 0 Å². The van der Waals surface area contributed by atoms with E-state index in [4.69, 9.17) is 4.74 Å². The normalized spacial score (nSPS) is 11.9. The Hall–Kier alpha value is -1.51. The maximum Gasteiger partial charge on any atom is 0.261 e. The molecule has 3 heteroatoms. The zero-order valence-corrected chi connectivity index (χ0v) is 9.19. The first-order chi connectivity index (χ1) is 7.27. The third kappa shape index (κ3) is 3.62. The molecule has 0 fully saturated rings. The average Bonchev–Trinajstić information content (AvgIpc) is 2.27. The molecule has 1 rings (SSSR count). The summed E-state index contributed by atoms with van der Waals surface area (Å²) in [5, 5.41) is 2.75. The number of likely N-dealkylation sites (N-methyl/N-ethyl adjacent to an activating group) is 1. The molecular weight excluding hydrogens is 190 g/mol. The summed E-state index contributed by atoms with van der Waals surface area (Å²) in [6.45, 7) is 4.46. The van der Waals surface area contributed by atoms with Crippen molar-refractivity contribution in [2.75, 3.05) is 6.54 Å². The maximum absolute atomic E-state index is 11.5. The van der Waals surface area contributed by atoms with E-state index in [1.807, 2.05) is 44.2 Å². The van der Waals surface area contributed by atoms with Crippen molar-refractivity contribution in [3.63, 3.8) is 0 Å². The highest BCUT2D eigenvalue weighted by Gasteiger charge is 2.16. The third-order valence-electron chi connectivity index (χ3n) is 2.04. The standard InChI is InChI=1S/C12H17NO2/c1-3-11(12(14)13-4-2)15-10-8-6-5-7-9-10/h5-9,11H,3-4H2,1-2H3,(H,13,14). The summed E-state index contributed by atoms with van der Waals surface area (Å²) in [6.07, 6.45) is 0.271. The number of para-hydroxylation sites is 1. The monoisotopic (exact) mass is 207 g/mol. The molecule has 0 aliphatic rings. The molecule has 1 N–H and O–H groups in total. The van der Waals surface area contributed by atoms with Crippen LogP contribution in [0.4, 0.5) is 0 Å². The molecule has 0 aliphatic heterocycles. The van der Waals surface area contributed by atoms with E-state index in [0.29, 0.717) is 13.0 Å². The molecule has 1 aromatic rings. The van der Waals surface area contributed by atoms with Gasteiger partial charge >= 0.3 is 0 Å². The van der Waals surface area contributed by atoms with E-state index >= 15 is 0 Å². The number of ether oxygens (including phenoxy) is 1. The Bertz CT molecular complexity index is 298. The maximum atomic E-state index is 11.5.